The number of rotatable bonds is 2. The molecule has 0 saturated carbocycles. The van der Waals surface area contributed by atoms with Gasteiger partial charge in [-0.05, 0) is 11.6 Å². The third kappa shape index (κ3) is 2.55. The molecule has 3 rings (SSSR count). The zero-order valence-electron chi connectivity index (χ0n) is 11.1. The highest BCUT2D eigenvalue weighted by molar-refractivity contribution is 7.78. The van der Waals surface area contributed by atoms with Gasteiger partial charge in [0.2, 0.25) is 5.95 Å². The Morgan fingerprint density at radius 2 is 2.05 bits per heavy atom. The first-order chi connectivity index (χ1) is 10.2. The van der Waals surface area contributed by atoms with Gasteiger partial charge in [0, 0.05) is 11.8 Å². The van der Waals surface area contributed by atoms with E-state index in [1.54, 1.807) is 6.20 Å². The second kappa shape index (κ2) is 5.45. The highest BCUT2D eigenvalue weighted by Gasteiger charge is 2.13. The summed E-state index contributed by atoms with van der Waals surface area (Å²) in [5.41, 5.74) is 3.18. The Hall–Kier alpha value is -2.54. The third-order valence-electron chi connectivity index (χ3n) is 2.98. The van der Waals surface area contributed by atoms with Crippen molar-refractivity contribution in [1.29, 1.82) is 0 Å². The van der Waals surface area contributed by atoms with Crippen LogP contribution in [0.1, 0.15) is 0 Å². The van der Waals surface area contributed by atoms with Gasteiger partial charge in [0.25, 0.3) is 0 Å². The van der Waals surface area contributed by atoms with Crippen LogP contribution in [0.25, 0.3) is 22.3 Å². The molecule has 1 aromatic carbocycles. The largest absolute Gasteiger partial charge is 0.453 e. The van der Waals surface area contributed by atoms with E-state index in [1.807, 2.05) is 36.4 Å². The standard InChI is InChI=1S/C14H12N4O2S/c1-20-14(19)17-13-16-11-7-10(8-15-12(11)18(13)21)9-5-3-2-4-6-9/h2-8,21H,1H3,(H,16,17,19). The number of anilines is 1. The van der Waals surface area contributed by atoms with Crippen molar-refractivity contribution in [3.8, 4) is 11.1 Å². The fourth-order valence-electron chi connectivity index (χ4n) is 1.96. The first-order valence-corrected chi connectivity index (χ1v) is 6.57. The van der Waals surface area contributed by atoms with Crippen LogP contribution in [-0.2, 0) is 4.74 Å². The maximum absolute atomic E-state index is 11.3. The molecule has 0 saturated heterocycles. The molecule has 0 radical (unpaired) electrons. The first kappa shape index (κ1) is 13.4. The Bertz CT molecular complexity index is 801. The molecule has 2 aromatic heterocycles. The normalized spacial score (nSPS) is 10.6. The number of aromatic nitrogens is 3. The van der Waals surface area contributed by atoms with Crippen LogP contribution in [0.15, 0.2) is 42.6 Å². The summed E-state index contributed by atoms with van der Waals surface area (Å²) >= 11 is 4.27. The van der Waals surface area contributed by atoms with E-state index in [4.69, 9.17) is 0 Å². The summed E-state index contributed by atoms with van der Waals surface area (Å²) in [6.07, 6.45) is 1.14. The van der Waals surface area contributed by atoms with Crippen LogP contribution in [0, 0.1) is 0 Å². The molecular formula is C14H12N4O2S. The molecule has 21 heavy (non-hydrogen) atoms. The second-order valence-electron chi connectivity index (χ2n) is 4.30. The molecule has 0 unspecified atom stereocenters. The fourth-order valence-corrected chi connectivity index (χ4v) is 2.21. The number of hydrogen-bond donors (Lipinski definition) is 2. The minimum atomic E-state index is -0.608. The summed E-state index contributed by atoms with van der Waals surface area (Å²) in [7, 11) is 1.28. The van der Waals surface area contributed by atoms with E-state index in [-0.39, 0.29) is 5.95 Å². The topological polar surface area (TPSA) is 69.0 Å². The van der Waals surface area contributed by atoms with E-state index in [0.717, 1.165) is 11.1 Å². The van der Waals surface area contributed by atoms with Gasteiger partial charge in [0.05, 0.1) is 7.11 Å². The fraction of sp³-hybridized carbons (Fsp3) is 0.0714. The lowest BCUT2D eigenvalue weighted by Gasteiger charge is -2.02. The number of carbonyl (C=O) groups is 1. The summed E-state index contributed by atoms with van der Waals surface area (Å²) < 4.78 is 5.94. The molecule has 0 aliphatic heterocycles. The van der Waals surface area contributed by atoms with Gasteiger partial charge in [-0.15, -0.1) is 0 Å². The van der Waals surface area contributed by atoms with Gasteiger partial charge in [0.15, 0.2) is 5.65 Å². The molecule has 0 aliphatic carbocycles. The first-order valence-electron chi connectivity index (χ1n) is 6.17. The average Bonchev–Trinajstić information content (AvgIpc) is 2.83. The van der Waals surface area contributed by atoms with Crippen LogP contribution >= 0.6 is 12.8 Å². The van der Waals surface area contributed by atoms with Crippen molar-refractivity contribution in [2.75, 3.05) is 12.4 Å². The van der Waals surface area contributed by atoms with Gasteiger partial charge in [-0.1, -0.05) is 43.1 Å². The number of pyridine rings is 1. The second-order valence-corrected chi connectivity index (χ2v) is 4.70. The molecule has 0 atom stereocenters. The van der Waals surface area contributed by atoms with E-state index in [0.29, 0.717) is 11.2 Å². The van der Waals surface area contributed by atoms with Crippen molar-refractivity contribution >= 4 is 36.0 Å². The molecule has 1 amide bonds. The van der Waals surface area contributed by atoms with Crippen LogP contribution in [-0.4, -0.2) is 27.1 Å². The Morgan fingerprint density at radius 1 is 1.29 bits per heavy atom. The molecule has 0 aliphatic rings. The minimum Gasteiger partial charge on any atom is -0.453 e. The number of carbonyl (C=O) groups excluding carboxylic acids is 1. The Labute approximate surface area is 126 Å². The molecule has 1 N–H and O–H groups in total. The van der Waals surface area contributed by atoms with Crippen LogP contribution in [0.3, 0.4) is 0 Å². The van der Waals surface area contributed by atoms with Crippen molar-refractivity contribution in [2.24, 2.45) is 0 Å². The quantitative estimate of drug-likeness (QED) is 0.714. The third-order valence-corrected chi connectivity index (χ3v) is 3.36. The molecule has 3 aromatic rings. The van der Waals surface area contributed by atoms with E-state index in [2.05, 4.69) is 32.8 Å². The van der Waals surface area contributed by atoms with Crippen LogP contribution < -0.4 is 5.32 Å². The number of fused-ring (bicyclic) bond motifs is 1. The average molecular weight is 300 g/mol. The molecule has 6 nitrogen and oxygen atoms in total. The zero-order valence-corrected chi connectivity index (χ0v) is 12.0. The highest BCUT2D eigenvalue weighted by atomic mass is 32.1. The van der Waals surface area contributed by atoms with E-state index in [9.17, 15) is 4.79 Å². The number of benzene rings is 1. The van der Waals surface area contributed by atoms with Crippen LogP contribution in [0.2, 0.25) is 0 Å². The summed E-state index contributed by atoms with van der Waals surface area (Å²) in [5, 5.41) is 2.48. The lowest BCUT2D eigenvalue weighted by atomic mass is 10.1. The summed E-state index contributed by atoms with van der Waals surface area (Å²) in [6.45, 7) is 0. The van der Waals surface area contributed by atoms with E-state index in [1.165, 1.54) is 11.1 Å². The number of imidazole rings is 1. The molecule has 0 spiro atoms. The highest BCUT2D eigenvalue weighted by Crippen LogP contribution is 2.25. The van der Waals surface area contributed by atoms with Crippen LogP contribution in [0.5, 0.6) is 0 Å². The van der Waals surface area contributed by atoms with Gasteiger partial charge in [-0.25, -0.2) is 18.7 Å². The molecule has 2 heterocycles. The Kier molecular flexibility index (Phi) is 3.49. The number of thiol groups is 1. The van der Waals surface area contributed by atoms with Gasteiger partial charge >= 0.3 is 6.09 Å². The maximum Gasteiger partial charge on any atom is 0.413 e. The molecular weight excluding hydrogens is 288 g/mol. The Balaban J connectivity index is 2.04. The predicted octanol–water partition coefficient (Wildman–Crippen LogP) is 2.97. The molecule has 0 fully saturated rings. The number of nitrogens with zero attached hydrogens (tertiary/aromatic N) is 3. The molecule has 106 valence electrons. The number of ether oxygens (including phenoxy) is 1. The molecule has 0 bridgehead atoms. The number of hydrogen-bond acceptors (Lipinski definition) is 5. The lowest BCUT2D eigenvalue weighted by Crippen LogP contribution is -2.13. The van der Waals surface area contributed by atoms with Crippen LogP contribution in [0.4, 0.5) is 10.7 Å². The summed E-state index contributed by atoms with van der Waals surface area (Å²) in [6, 6.07) is 11.8. The summed E-state index contributed by atoms with van der Waals surface area (Å²) in [4.78, 5) is 19.9. The van der Waals surface area contributed by atoms with Crippen molar-refractivity contribution in [3.05, 3.63) is 42.6 Å². The van der Waals surface area contributed by atoms with Crippen molar-refractivity contribution in [3.63, 3.8) is 0 Å². The van der Waals surface area contributed by atoms with Gasteiger partial charge in [-0.3, -0.25) is 5.32 Å². The van der Waals surface area contributed by atoms with E-state index < -0.39 is 6.09 Å². The van der Waals surface area contributed by atoms with Gasteiger partial charge < -0.3 is 4.74 Å². The maximum atomic E-state index is 11.3. The number of nitrogens with one attached hydrogen (secondary N) is 1. The van der Waals surface area contributed by atoms with Crippen molar-refractivity contribution in [2.45, 2.75) is 0 Å². The minimum absolute atomic E-state index is 0.262. The van der Waals surface area contributed by atoms with Gasteiger partial charge in [-0.2, -0.15) is 0 Å². The predicted molar refractivity (Wildman–Crippen MR) is 83.4 cm³/mol. The van der Waals surface area contributed by atoms with Gasteiger partial charge in [0.1, 0.15) is 5.52 Å². The van der Waals surface area contributed by atoms with Crippen molar-refractivity contribution in [1.82, 2.24) is 13.9 Å². The Morgan fingerprint density at radius 3 is 2.76 bits per heavy atom. The monoisotopic (exact) mass is 300 g/mol. The number of amides is 1. The smallest absolute Gasteiger partial charge is 0.413 e. The number of methoxy groups -OCH3 is 1. The van der Waals surface area contributed by atoms with Crippen molar-refractivity contribution < 1.29 is 9.53 Å². The zero-order chi connectivity index (χ0) is 14.8. The van der Waals surface area contributed by atoms with E-state index >= 15 is 0 Å². The summed E-state index contributed by atoms with van der Waals surface area (Å²) in [5.74, 6) is 0.262. The molecule has 7 heteroatoms. The SMILES string of the molecule is COC(=O)Nc1nc2cc(-c3ccccc3)cnc2n1S. The lowest BCUT2D eigenvalue weighted by molar-refractivity contribution is 0.186.